The minimum absolute atomic E-state index is 0.0960. The summed E-state index contributed by atoms with van der Waals surface area (Å²) < 4.78 is 52.3. The lowest BCUT2D eigenvalue weighted by molar-refractivity contribution is -0.147. The number of rotatable bonds is 5. The van der Waals surface area contributed by atoms with Gasteiger partial charge in [0.05, 0.1) is 11.0 Å². The van der Waals surface area contributed by atoms with E-state index in [1.165, 1.54) is 12.1 Å². The molecule has 3 aromatic rings. The number of ether oxygens (including phenoxy) is 2. The fourth-order valence-corrected chi connectivity index (χ4v) is 3.23. The Kier molecular flexibility index (Phi) is 5.04. The molecule has 0 saturated carbocycles. The topological polar surface area (TPSA) is 65.4 Å². The summed E-state index contributed by atoms with van der Waals surface area (Å²) >= 11 is 0. The molecule has 1 aliphatic rings. The Balaban J connectivity index is 1.56. The zero-order valence-corrected chi connectivity index (χ0v) is 15.3. The van der Waals surface area contributed by atoms with Gasteiger partial charge in [-0.05, 0) is 12.0 Å². The lowest BCUT2D eigenvalue weighted by Gasteiger charge is -2.18. The predicted molar refractivity (Wildman–Crippen MR) is 98.9 cm³/mol. The highest BCUT2D eigenvalue weighted by Crippen LogP contribution is 2.37. The monoisotopic (exact) mass is 405 g/mol. The molecule has 1 N–H and O–H groups in total. The summed E-state index contributed by atoms with van der Waals surface area (Å²) in [5, 5.41) is 2.66. The molecule has 2 heterocycles. The third kappa shape index (κ3) is 4.13. The van der Waals surface area contributed by atoms with E-state index in [9.17, 15) is 18.0 Å². The van der Waals surface area contributed by atoms with Crippen molar-refractivity contribution in [2.75, 3.05) is 19.8 Å². The number of benzene rings is 2. The van der Waals surface area contributed by atoms with Crippen LogP contribution in [0.4, 0.5) is 13.2 Å². The molecule has 2 aromatic carbocycles. The maximum absolute atomic E-state index is 13.5. The first-order valence-electron chi connectivity index (χ1n) is 9.09. The molecule has 0 atom stereocenters. The molecule has 1 aromatic heterocycles. The van der Waals surface area contributed by atoms with Crippen LogP contribution in [0.5, 0.6) is 11.5 Å². The number of nitrogens with zero attached hydrogens (tertiary/aromatic N) is 2. The van der Waals surface area contributed by atoms with Gasteiger partial charge in [-0.15, -0.1) is 0 Å². The molecule has 0 spiro atoms. The van der Waals surface area contributed by atoms with Crippen LogP contribution in [0, 0.1) is 0 Å². The number of carbonyl (C=O) groups is 1. The Morgan fingerprint density at radius 1 is 1.10 bits per heavy atom. The van der Waals surface area contributed by atoms with Gasteiger partial charge in [0.15, 0.2) is 11.5 Å². The normalized spacial score (nSPS) is 13.5. The zero-order valence-electron chi connectivity index (χ0n) is 15.3. The number of imidazole rings is 1. The van der Waals surface area contributed by atoms with Crippen molar-refractivity contribution in [3.8, 4) is 11.5 Å². The second-order valence-electron chi connectivity index (χ2n) is 6.59. The van der Waals surface area contributed by atoms with Crippen LogP contribution in [0.25, 0.3) is 11.0 Å². The van der Waals surface area contributed by atoms with Gasteiger partial charge in [0, 0.05) is 18.7 Å². The van der Waals surface area contributed by atoms with Gasteiger partial charge in [0.2, 0.25) is 11.7 Å². The number of hydrogen-bond donors (Lipinski definition) is 1. The van der Waals surface area contributed by atoms with Crippen molar-refractivity contribution in [3.63, 3.8) is 0 Å². The largest absolute Gasteiger partial charge is 0.486 e. The first-order valence-corrected chi connectivity index (χ1v) is 9.09. The van der Waals surface area contributed by atoms with E-state index < -0.39 is 24.5 Å². The van der Waals surface area contributed by atoms with Gasteiger partial charge in [0.1, 0.15) is 19.8 Å². The Labute approximate surface area is 164 Å². The highest BCUT2D eigenvalue weighted by molar-refractivity contribution is 5.84. The molecule has 1 amide bonds. The van der Waals surface area contributed by atoms with E-state index >= 15 is 0 Å². The van der Waals surface area contributed by atoms with E-state index in [2.05, 4.69) is 10.3 Å². The standard InChI is InChI=1S/C20H18F3N3O3/c21-20(22,23)19-25-14-10-16-17(29-9-8-28-16)11-15(14)26(19)12-18(27)24-7-6-13-4-2-1-3-5-13/h1-5,10-11H,6-9,12H2,(H,24,27). The Bertz CT molecular complexity index is 1030. The van der Waals surface area contributed by atoms with Crippen LogP contribution in [0.2, 0.25) is 0 Å². The quantitative estimate of drug-likeness (QED) is 0.708. The van der Waals surface area contributed by atoms with Gasteiger partial charge in [0.25, 0.3) is 0 Å². The molecule has 0 saturated heterocycles. The molecule has 0 unspecified atom stereocenters. The number of halogens is 3. The van der Waals surface area contributed by atoms with Gasteiger partial charge < -0.3 is 19.4 Å². The lowest BCUT2D eigenvalue weighted by Crippen LogP contribution is -2.31. The van der Waals surface area contributed by atoms with Crippen LogP contribution >= 0.6 is 0 Å². The number of amides is 1. The van der Waals surface area contributed by atoms with Crippen LogP contribution in [0.15, 0.2) is 42.5 Å². The summed E-state index contributed by atoms with van der Waals surface area (Å²) in [6.45, 7) is 0.441. The predicted octanol–water partition coefficient (Wildman–Crippen LogP) is 3.19. The molecular weight excluding hydrogens is 387 g/mol. The van der Waals surface area contributed by atoms with Crippen molar-refractivity contribution in [2.45, 2.75) is 19.1 Å². The summed E-state index contributed by atoms with van der Waals surface area (Å²) in [5.74, 6) is -0.980. The summed E-state index contributed by atoms with van der Waals surface area (Å²) in [6.07, 6.45) is -4.12. The van der Waals surface area contributed by atoms with Crippen molar-refractivity contribution in [1.29, 1.82) is 0 Å². The summed E-state index contributed by atoms with van der Waals surface area (Å²) in [4.78, 5) is 16.0. The minimum Gasteiger partial charge on any atom is -0.486 e. The number of carbonyl (C=O) groups excluding carboxylic acids is 1. The van der Waals surface area contributed by atoms with Gasteiger partial charge in [-0.1, -0.05) is 30.3 Å². The molecule has 152 valence electrons. The van der Waals surface area contributed by atoms with E-state index in [-0.39, 0.29) is 11.0 Å². The first kappa shape index (κ1) is 19.1. The zero-order chi connectivity index (χ0) is 20.4. The van der Waals surface area contributed by atoms with Crippen LogP contribution in [0.1, 0.15) is 11.4 Å². The second kappa shape index (κ2) is 7.65. The average molecular weight is 405 g/mol. The van der Waals surface area contributed by atoms with Crippen LogP contribution in [-0.2, 0) is 23.9 Å². The molecule has 4 rings (SSSR count). The maximum Gasteiger partial charge on any atom is 0.449 e. The van der Waals surface area contributed by atoms with Crippen molar-refractivity contribution in [2.24, 2.45) is 0 Å². The number of nitrogens with one attached hydrogen (secondary N) is 1. The molecule has 0 aliphatic carbocycles. The van der Waals surface area contributed by atoms with Crippen molar-refractivity contribution in [1.82, 2.24) is 14.9 Å². The summed E-state index contributed by atoms with van der Waals surface area (Å²) in [7, 11) is 0. The Hall–Kier alpha value is -3.23. The van der Waals surface area contributed by atoms with Crippen molar-refractivity contribution < 1.29 is 27.4 Å². The molecule has 6 nitrogen and oxygen atoms in total. The van der Waals surface area contributed by atoms with E-state index in [0.717, 1.165) is 10.1 Å². The smallest absolute Gasteiger partial charge is 0.449 e. The van der Waals surface area contributed by atoms with Crippen molar-refractivity contribution in [3.05, 3.63) is 53.9 Å². The van der Waals surface area contributed by atoms with Crippen LogP contribution in [-0.4, -0.2) is 35.2 Å². The molecule has 1 aliphatic heterocycles. The molecule has 0 bridgehead atoms. The van der Waals surface area contributed by atoms with E-state index in [4.69, 9.17) is 9.47 Å². The van der Waals surface area contributed by atoms with Crippen LogP contribution in [0.3, 0.4) is 0 Å². The molecule has 0 radical (unpaired) electrons. The van der Waals surface area contributed by atoms with E-state index in [1.54, 1.807) is 0 Å². The summed E-state index contributed by atoms with van der Waals surface area (Å²) in [6, 6.07) is 12.3. The van der Waals surface area contributed by atoms with Gasteiger partial charge >= 0.3 is 6.18 Å². The number of hydrogen-bond acceptors (Lipinski definition) is 4. The van der Waals surface area contributed by atoms with Crippen molar-refractivity contribution >= 4 is 16.9 Å². The third-order valence-electron chi connectivity index (χ3n) is 4.55. The average Bonchev–Trinajstić information content (AvgIpc) is 3.05. The number of alkyl halides is 3. The molecule has 0 fully saturated rings. The highest BCUT2D eigenvalue weighted by atomic mass is 19.4. The Morgan fingerprint density at radius 2 is 1.79 bits per heavy atom. The maximum atomic E-state index is 13.5. The Morgan fingerprint density at radius 3 is 2.48 bits per heavy atom. The highest BCUT2D eigenvalue weighted by Gasteiger charge is 2.38. The van der Waals surface area contributed by atoms with Crippen LogP contribution < -0.4 is 14.8 Å². The number of aromatic nitrogens is 2. The van der Waals surface area contributed by atoms with Gasteiger partial charge in [-0.2, -0.15) is 13.2 Å². The second-order valence-corrected chi connectivity index (χ2v) is 6.59. The lowest BCUT2D eigenvalue weighted by atomic mass is 10.1. The number of fused-ring (bicyclic) bond motifs is 2. The van der Waals surface area contributed by atoms with Gasteiger partial charge in [-0.25, -0.2) is 4.98 Å². The van der Waals surface area contributed by atoms with E-state index in [1.807, 2.05) is 30.3 Å². The molecule has 29 heavy (non-hydrogen) atoms. The SMILES string of the molecule is O=C(Cn1c(C(F)(F)F)nc2cc3c(cc21)OCCO3)NCCc1ccccc1. The molecule has 9 heteroatoms. The third-order valence-corrected chi connectivity index (χ3v) is 4.55. The van der Waals surface area contributed by atoms with Gasteiger partial charge in [-0.3, -0.25) is 4.79 Å². The minimum atomic E-state index is -4.70. The summed E-state index contributed by atoms with van der Waals surface area (Å²) in [5.41, 5.74) is 1.29. The fraction of sp³-hybridized carbons (Fsp3) is 0.300. The fourth-order valence-electron chi connectivity index (χ4n) is 3.23. The first-order chi connectivity index (χ1) is 13.9. The van der Waals surface area contributed by atoms with E-state index in [0.29, 0.717) is 37.7 Å². The molecular formula is C20H18F3N3O3.